The molecule has 0 N–H and O–H groups in total. The van der Waals surface area contributed by atoms with Crippen LogP contribution in [0.4, 0.5) is 0 Å². The number of morpholine rings is 1. The van der Waals surface area contributed by atoms with E-state index in [9.17, 15) is 4.79 Å². The monoisotopic (exact) mass is 351 g/mol. The lowest BCUT2D eigenvalue weighted by atomic mass is 10.1. The highest BCUT2D eigenvalue weighted by molar-refractivity contribution is 8.00. The predicted molar refractivity (Wildman–Crippen MR) is 87.5 cm³/mol. The lowest BCUT2D eigenvalue weighted by Crippen LogP contribution is -2.46. The van der Waals surface area contributed by atoms with Gasteiger partial charge in [0.1, 0.15) is 12.3 Å². The van der Waals surface area contributed by atoms with Gasteiger partial charge in [-0.1, -0.05) is 25.6 Å². The van der Waals surface area contributed by atoms with Crippen molar-refractivity contribution in [1.82, 2.24) is 25.1 Å². The second kappa shape index (κ2) is 7.80. The van der Waals surface area contributed by atoms with E-state index in [1.54, 1.807) is 10.9 Å². The molecule has 1 aliphatic heterocycles. The summed E-state index contributed by atoms with van der Waals surface area (Å²) >= 11 is 1.41. The standard InChI is InChI=1S/C15H21N5O3S/c1-11(2)13(14(21)19-5-8-22-9-6-19)24-15-16-17-18-20(15)10-12-4-3-7-23-12/h3-4,7,11,13H,5-6,8-10H2,1-2H3. The molecule has 3 heterocycles. The molecule has 2 aromatic heterocycles. The maximum absolute atomic E-state index is 12.8. The number of aromatic nitrogens is 4. The van der Waals surface area contributed by atoms with Crippen LogP contribution in [0.5, 0.6) is 0 Å². The van der Waals surface area contributed by atoms with E-state index in [0.717, 1.165) is 5.76 Å². The summed E-state index contributed by atoms with van der Waals surface area (Å²) in [6, 6.07) is 3.69. The highest BCUT2D eigenvalue weighted by Crippen LogP contribution is 2.28. The molecular formula is C15H21N5O3S. The summed E-state index contributed by atoms with van der Waals surface area (Å²) < 4.78 is 12.3. The van der Waals surface area contributed by atoms with Crippen molar-refractivity contribution in [2.45, 2.75) is 30.8 Å². The number of rotatable bonds is 6. The van der Waals surface area contributed by atoms with Crippen LogP contribution in [0.1, 0.15) is 19.6 Å². The number of carbonyl (C=O) groups is 1. The first-order valence-electron chi connectivity index (χ1n) is 7.97. The van der Waals surface area contributed by atoms with E-state index >= 15 is 0 Å². The largest absolute Gasteiger partial charge is 0.467 e. The third-order valence-corrected chi connectivity index (χ3v) is 5.29. The van der Waals surface area contributed by atoms with Gasteiger partial charge < -0.3 is 14.1 Å². The molecule has 0 aliphatic carbocycles. The Morgan fingerprint density at radius 1 is 1.38 bits per heavy atom. The number of thioether (sulfide) groups is 1. The average Bonchev–Trinajstić information content (AvgIpc) is 3.25. The van der Waals surface area contributed by atoms with Crippen LogP contribution in [0, 0.1) is 5.92 Å². The molecule has 0 spiro atoms. The van der Waals surface area contributed by atoms with Gasteiger partial charge in [0.2, 0.25) is 11.1 Å². The Morgan fingerprint density at radius 3 is 2.83 bits per heavy atom. The van der Waals surface area contributed by atoms with Crippen LogP contribution in [0.2, 0.25) is 0 Å². The molecule has 0 saturated carbocycles. The summed E-state index contributed by atoms with van der Waals surface area (Å²) in [7, 11) is 0. The Kier molecular flexibility index (Phi) is 5.52. The van der Waals surface area contributed by atoms with Gasteiger partial charge in [-0.15, -0.1) is 5.10 Å². The van der Waals surface area contributed by atoms with Gasteiger partial charge in [-0.3, -0.25) is 4.79 Å². The molecule has 1 aliphatic rings. The van der Waals surface area contributed by atoms with Crippen LogP contribution in [0.15, 0.2) is 28.0 Å². The van der Waals surface area contributed by atoms with Gasteiger partial charge in [0.25, 0.3) is 0 Å². The molecule has 9 heteroatoms. The molecule has 0 bridgehead atoms. The number of carbonyl (C=O) groups excluding carboxylic acids is 1. The minimum absolute atomic E-state index is 0.117. The number of ether oxygens (including phenoxy) is 1. The van der Waals surface area contributed by atoms with Crippen molar-refractivity contribution in [2.75, 3.05) is 26.3 Å². The number of amides is 1. The minimum Gasteiger partial charge on any atom is -0.467 e. The summed E-state index contributed by atoms with van der Waals surface area (Å²) in [4.78, 5) is 14.7. The first-order valence-corrected chi connectivity index (χ1v) is 8.85. The van der Waals surface area contributed by atoms with Crippen molar-refractivity contribution in [3.8, 4) is 0 Å². The van der Waals surface area contributed by atoms with Gasteiger partial charge in [-0.05, 0) is 28.5 Å². The van der Waals surface area contributed by atoms with Crippen LogP contribution in [-0.2, 0) is 16.1 Å². The maximum atomic E-state index is 12.8. The van der Waals surface area contributed by atoms with Gasteiger partial charge in [0.15, 0.2) is 0 Å². The lowest BCUT2D eigenvalue weighted by Gasteiger charge is -2.31. The number of hydrogen-bond donors (Lipinski definition) is 0. The third-order valence-electron chi connectivity index (χ3n) is 3.79. The van der Waals surface area contributed by atoms with Gasteiger partial charge in [-0.25, -0.2) is 4.68 Å². The van der Waals surface area contributed by atoms with E-state index in [0.29, 0.717) is 38.0 Å². The van der Waals surface area contributed by atoms with Gasteiger partial charge >= 0.3 is 0 Å². The SMILES string of the molecule is CC(C)C(Sc1nnnn1Cc1ccco1)C(=O)N1CCOCC1. The van der Waals surface area contributed by atoms with E-state index in [2.05, 4.69) is 15.5 Å². The summed E-state index contributed by atoms with van der Waals surface area (Å²) in [5.74, 6) is 1.05. The molecule has 1 fully saturated rings. The van der Waals surface area contributed by atoms with Crippen LogP contribution >= 0.6 is 11.8 Å². The van der Waals surface area contributed by atoms with Gasteiger partial charge in [0.05, 0.1) is 24.7 Å². The van der Waals surface area contributed by atoms with E-state index in [4.69, 9.17) is 9.15 Å². The molecule has 3 rings (SSSR count). The summed E-state index contributed by atoms with van der Waals surface area (Å²) in [5, 5.41) is 12.2. The summed E-state index contributed by atoms with van der Waals surface area (Å²) in [6.07, 6.45) is 1.62. The zero-order valence-electron chi connectivity index (χ0n) is 13.8. The lowest BCUT2D eigenvalue weighted by molar-refractivity contribution is -0.135. The Bertz CT molecular complexity index is 652. The first kappa shape index (κ1) is 17.0. The van der Waals surface area contributed by atoms with Gasteiger partial charge in [0, 0.05) is 13.1 Å². The number of nitrogens with zero attached hydrogens (tertiary/aromatic N) is 5. The fraction of sp³-hybridized carbons (Fsp3) is 0.600. The molecule has 24 heavy (non-hydrogen) atoms. The van der Waals surface area contributed by atoms with Crippen LogP contribution < -0.4 is 0 Å². The molecule has 1 atom stereocenters. The van der Waals surface area contributed by atoms with E-state index in [1.807, 2.05) is 30.9 Å². The quantitative estimate of drug-likeness (QED) is 0.725. The van der Waals surface area contributed by atoms with E-state index in [1.165, 1.54) is 11.8 Å². The molecule has 0 radical (unpaired) electrons. The van der Waals surface area contributed by atoms with Crippen LogP contribution in [-0.4, -0.2) is 62.6 Å². The molecule has 1 unspecified atom stereocenters. The zero-order chi connectivity index (χ0) is 16.9. The summed E-state index contributed by atoms with van der Waals surface area (Å²) in [5.41, 5.74) is 0. The Morgan fingerprint density at radius 2 is 2.17 bits per heavy atom. The Labute approximate surface area is 144 Å². The Balaban J connectivity index is 1.72. The average molecular weight is 351 g/mol. The van der Waals surface area contributed by atoms with Crippen molar-refractivity contribution in [1.29, 1.82) is 0 Å². The number of hydrogen-bond acceptors (Lipinski definition) is 7. The second-order valence-corrected chi connectivity index (χ2v) is 7.03. The van der Waals surface area contributed by atoms with Gasteiger partial charge in [-0.2, -0.15) is 0 Å². The van der Waals surface area contributed by atoms with Crippen molar-refractivity contribution < 1.29 is 13.9 Å². The molecule has 1 saturated heterocycles. The molecule has 1 amide bonds. The van der Waals surface area contributed by atoms with Crippen molar-refractivity contribution >= 4 is 17.7 Å². The highest BCUT2D eigenvalue weighted by atomic mass is 32.2. The van der Waals surface area contributed by atoms with Crippen molar-refractivity contribution in [3.05, 3.63) is 24.2 Å². The van der Waals surface area contributed by atoms with Crippen LogP contribution in [0.25, 0.3) is 0 Å². The fourth-order valence-corrected chi connectivity index (χ4v) is 3.53. The van der Waals surface area contributed by atoms with Crippen molar-refractivity contribution in [3.63, 3.8) is 0 Å². The van der Waals surface area contributed by atoms with Crippen LogP contribution in [0.3, 0.4) is 0 Å². The third kappa shape index (κ3) is 3.96. The normalized spacial score (nSPS) is 16.5. The molecule has 130 valence electrons. The predicted octanol–water partition coefficient (Wildman–Crippen LogP) is 1.29. The first-order chi connectivity index (χ1) is 11.6. The minimum atomic E-state index is -0.232. The second-order valence-electron chi connectivity index (χ2n) is 5.92. The number of furan rings is 1. The molecule has 2 aromatic rings. The van der Waals surface area contributed by atoms with Crippen molar-refractivity contribution in [2.24, 2.45) is 5.92 Å². The van der Waals surface area contributed by atoms with E-state index < -0.39 is 0 Å². The fourth-order valence-electron chi connectivity index (χ4n) is 2.48. The topological polar surface area (TPSA) is 86.3 Å². The smallest absolute Gasteiger partial charge is 0.236 e. The molecule has 8 nitrogen and oxygen atoms in total. The zero-order valence-corrected chi connectivity index (χ0v) is 14.6. The Hall–Kier alpha value is -1.87. The highest BCUT2D eigenvalue weighted by Gasteiger charge is 2.31. The molecular weight excluding hydrogens is 330 g/mol. The maximum Gasteiger partial charge on any atom is 0.236 e. The molecule has 0 aromatic carbocycles. The number of tetrazole rings is 1. The van der Waals surface area contributed by atoms with E-state index in [-0.39, 0.29) is 17.1 Å². The summed E-state index contributed by atoms with van der Waals surface area (Å²) in [6.45, 7) is 6.99.